The van der Waals surface area contributed by atoms with Crippen molar-refractivity contribution >= 4 is 28.7 Å². The Hall–Kier alpha value is -3.36. The maximum atomic E-state index is 12.8. The molecule has 8 nitrogen and oxygen atoms in total. The molecule has 2 aromatic carbocycles. The van der Waals surface area contributed by atoms with Crippen LogP contribution in [0.5, 0.6) is 0 Å². The lowest BCUT2D eigenvalue weighted by atomic mass is 10.1. The number of fused-ring (bicyclic) bond motifs is 1. The predicted molar refractivity (Wildman–Crippen MR) is 135 cm³/mol. The molecular weight excluding hydrogens is 452 g/mol. The highest BCUT2D eigenvalue weighted by Gasteiger charge is 2.25. The number of aromatic nitrogens is 4. The van der Waals surface area contributed by atoms with Crippen molar-refractivity contribution in [1.29, 1.82) is 0 Å². The summed E-state index contributed by atoms with van der Waals surface area (Å²) in [6.07, 6.45) is 0. The van der Waals surface area contributed by atoms with E-state index in [0.717, 1.165) is 38.3 Å². The van der Waals surface area contributed by atoms with Crippen LogP contribution in [0.2, 0.25) is 5.02 Å². The number of anilines is 1. The number of benzene rings is 2. The first-order chi connectivity index (χ1) is 16.4. The average Bonchev–Trinajstić information content (AvgIpc) is 3.21. The van der Waals surface area contributed by atoms with E-state index < -0.39 is 11.2 Å². The standard InChI is InChI=1S/C25H27ClN6O2/c1-17-5-3-4-6-19(17)16-30-11-13-31(14-12-30)24-27-22-21(23(33)28-25(34)29(22)2)32(24)15-18-7-9-20(26)10-8-18/h3-10H,11-16H2,1-2H3,(H,28,33,34). The predicted octanol–water partition coefficient (Wildman–Crippen LogP) is 2.76. The molecule has 0 unspecified atom stereocenters. The summed E-state index contributed by atoms with van der Waals surface area (Å²) < 4.78 is 3.31. The Kier molecular flexibility index (Phi) is 6.02. The Morgan fingerprint density at radius 3 is 2.38 bits per heavy atom. The molecular formula is C25H27ClN6O2. The van der Waals surface area contributed by atoms with Crippen molar-refractivity contribution in [3.8, 4) is 0 Å². The number of aryl methyl sites for hydroxylation is 2. The van der Waals surface area contributed by atoms with Gasteiger partial charge in [-0.2, -0.15) is 4.98 Å². The number of nitrogens with one attached hydrogen (secondary N) is 1. The molecule has 2 aromatic heterocycles. The number of aromatic amines is 1. The van der Waals surface area contributed by atoms with E-state index in [1.165, 1.54) is 15.7 Å². The van der Waals surface area contributed by atoms with Gasteiger partial charge in [-0.15, -0.1) is 0 Å². The lowest BCUT2D eigenvalue weighted by Crippen LogP contribution is -2.47. The summed E-state index contributed by atoms with van der Waals surface area (Å²) in [6, 6.07) is 16.0. The van der Waals surface area contributed by atoms with Gasteiger partial charge in [0.2, 0.25) is 5.95 Å². The second-order valence-corrected chi connectivity index (χ2v) is 9.24. The number of imidazole rings is 1. The zero-order valence-electron chi connectivity index (χ0n) is 19.3. The van der Waals surface area contributed by atoms with E-state index in [2.05, 4.69) is 46.0 Å². The Morgan fingerprint density at radius 2 is 1.68 bits per heavy atom. The fourth-order valence-corrected chi connectivity index (χ4v) is 4.65. The van der Waals surface area contributed by atoms with Crippen molar-refractivity contribution in [2.45, 2.75) is 20.0 Å². The van der Waals surface area contributed by atoms with Gasteiger partial charge in [-0.3, -0.25) is 23.8 Å². The number of piperazine rings is 1. The van der Waals surface area contributed by atoms with Gasteiger partial charge in [0.1, 0.15) is 0 Å². The highest BCUT2D eigenvalue weighted by atomic mass is 35.5. The van der Waals surface area contributed by atoms with Crippen LogP contribution in [0, 0.1) is 6.92 Å². The van der Waals surface area contributed by atoms with Crippen LogP contribution >= 0.6 is 11.6 Å². The molecule has 0 aliphatic carbocycles. The molecule has 1 N–H and O–H groups in total. The summed E-state index contributed by atoms with van der Waals surface area (Å²) in [5.74, 6) is 0.701. The summed E-state index contributed by atoms with van der Waals surface area (Å²) >= 11 is 6.06. The van der Waals surface area contributed by atoms with E-state index in [1.807, 2.05) is 28.8 Å². The Bertz CT molecular complexity index is 1450. The molecule has 0 radical (unpaired) electrons. The van der Waals surface area contributed by atoms with E-state index in [-0.39, 0.29) is 0 Å². The number of hydrogen-bond donors (Lipinski definition) is 1. The zero-order chi connectivity index (χ0) is 23.8. The van der Waals surface area contributed by atoms with Crippen LogP contribution < -0.4 is 16.1 Å². The highest BCUT2D eigenvalue weighted by Crippen LogP contribution is 2.23. The first-order valence-corrected chi connectivity index (χ1v) is 11.7. The van der Waals surface area contributed by atoms with E-state index >= 15 is 0 Å². The maximum absolute atomic E-state index is 12.8. The van der Waals surface area contributed by atoms with E-state index in [1.54, 1.807) is 7.05 Å². The Balaban J connectivity index is 1.47. The van der Waals surface area contributed by atoms with Gasteiger partial charge >= 0.3 is 5.69 Å². The minimum absolute atomic E-state index is 0.389. The molecule has 0 saturated carbocycles. The van der Waals surface area contributed by atoms with Crippen molar-refractivity contribution in [3.63, 3.8) is 0 Å². The third-order valence-corrected chi connectivity index (χ3v) is 6.80. The molecule has 1 aliphatic heterocycles. The summed E-state index contributed by atoms with van der Waals surface area (Å²) in [6.45, 7) is 6.83. The monoisotopic (exact) mass is 478 g/mol. The second-order valence-electron chi connectivity index (χ2n) is 8.80. The largest absolute Gasteiger partial charge is 0.340 e. The first kappa shape index (κ1) is 22.4. The van der Waals surface area contributed by atoms with Crippen LogP contribution in [-0.4, -0.2) is 50.2 Å². The molecule has 0 bridgehead atoms. The van der Waals surface area contributed by atoms with Gasteiger partial charge in [0, 0.05) is 44.8 Å². The molecule has 0 amide bonds. The fourth-order valence-electron chi connectivity index (χ4n) is 4.52. The topological polar surface area (TPSA) is 79.2 Å². The summed E-state index contributed by atoms with van der Waals surface area (Å²) in [7, 11) is 1.63. The molecule has 4 aromatic rings. The summed E-state index contributed by atoms with van der Waals surface area (Å²) in [5, 5.41) is 0.657. The minimum Gasteiger partial charge on any atom is -0.340 e. The normalized spacial score (nSPS) is 14.7. The van der Waals surface area contributed by atoms with Crippen molar-refractivity contribution in [2.75, 3.05) is 31.1 Å². The van der Waals surface area contributed by atoms with Gasteiger partial charge in [0.05, 0.1) is 6.54 Å². The number of halogens is 1. The maximum Gasteiger partial charge on any atom is 0.329 e. The lowest BCUT2D eigenvalue weighted by Gasteiger charge is -2.35. The van der Waals surface area contributed by atoms with E-state index in [0.29, 0.717) is 28.7 Å². The quantitative estimate of drug-likeness (QED) is 0.477. The van der Waals surface area contributed by atoms with Crippen molar-refractivity contribution in [2.24, 2.45) is 7.05 Å². The molecule has 1 saturated heterocycles. The Morgan fingerprint density at radius 1 is 0.971 bits per heavy atom. The van der Waals surface area contributed by atoms with Crippen LogP contribution in [0.25, 0.3) is 11.2 Å². The van der Waals surface area contributed by atoms with Gasteiger partial charge in [-0.1, -0.05) is 48.0 Å². The summed E-state index contributed by atoms with van der Waals surface area (Å²) in [5.41, 5.74) is 3.53. The van der Waals surface area contributed by atoms with Crippen molar-refractivity contribution in [1.82, 2.24) is 24.0 Å². The molecule has 0 spiro atoms. The smallest absolute Gasteiger partial charge is 0.329 e. The first-order valence-electron chi connectivity index (χ1n) is 11.4. The molecule has 1 aliphatic rings. The molecule has 3 heterocycles. The number of H-pyrrole nitrogens is 1. The second kappa shape index (κ2) is 9.12. The van der Waals surface area contributed by atoms with Gasteiger partial charge in [0.25, 0.3) is 5.56 Å². The lowest BCUT2D eigenvalue weighted by molar-refractivity contribution is 0.248. The fraction of sp³-hybridized carbons (Fsp3) is 0.320. The van der Waals surface area contributed by atoms with Gasteiger partial charge in [-0.05, 0) is 35.7 Å². The number of nitrogens with zero attached hydrogens (tertiary/aromatic N) is 5. The Labute approximate surface area is 202 Å². The van der Waals surface area contributed by atoms with E-state index in [9.17, 15) is 9.59 Å². The van der Waals surface area contributed by atoms with E-state index in [4.69, 9.17) is 16.6 Å². The third-order valence-electron chi connectivity index (χ3n) is 6.55. The molecule has 9 heteroatoms. The van der Waals surface area contributed by atoms with Gasteiger partial charge < -0.3 is 4.90 Å². The van der Waals surface area contributed by atoms with Gasteiger partial charge in [0.15, 0.2) is 11.2 Å². The van der Waals surface area contributed by atoms with Crippen molar-refractivity contribution in [3.05, 3.63) is 91.1 Å². The molecule has 176 valence electrons. The molecule has 1 fully saturated rings. The van der Waals surface area contributed by atoms with Crippen LogP contribution in [0.15, 0.2) is 58.1 Å². The van der Waals surface area contributed by atoms with Crippen LogP contribution in [-0.2, 0) is 20.1 Å². The average molecular weight is 479 g/mol. The number of rotatable bonds is 5. The van der Waals surface area contributed by atoms with Crippen molar-refractivity contribution < 1.29 is 0 Å². The highest BCUT2D eigenvalue weighted by molar-refractivity contribution is 6.30. The molecule has 0 atom stereocenters. The molecule has 5 rings (SSSR count). The zero-order valence-corrected chi connectivity index (χ0v) is 20.0. The van der Waals surface area contributed by atoms with Crippen LogP contribution in [0.3, 0.4) is 0 Å². The third kappa shape index (κ3) is 4.26. The molecule has 34 heavy (non-hydrogen) atoms. The van der Waals surface area contributed by atoms with Gasteiger partial charge in [-0.25, -0.2) is 4.79 Å². The van der Waals surface area contributed by atoms with Crippen LogP contribution in [0.4, 0.5) is 5.95 Å². The summed E-state index contributed by atoms with van der Waals surface area (Å²) in [4.78, 5) is 36.9. The minimum atomic E-state index is -0.469. The SMILES string of the molecule is Cc1ccccc1CN1CCN(c2nc3c(c(=O)[nH]c(=O)n3C)n2Cc2ccc(Cl)cc2)CC1. The van der Waals surface area contributed by atoms with Crippen LogP contribution in [0.1, 0.15) is 16.7 Å². The number of hydrogen-bond acceptors (Lipinski definition) is 5.